The summed E-state index contributed by atoms with van der Waals surface area (Å²) in [6.07, 6.45) is -0.137. The number of nitrogens with one attached hydrogen (secondary N) is 1. The van der Waals surface area contributed by atoms with Crippen LogP contribution in [0.5, 0.6) is 0 Å². The van der Waals surface area contributed by atoms with Crippen molar-refractivity contribution in [2.45, 2.75) is 43.7 Å². The number of nitrogens with zero attached hydrogens (tertiary/aromatic N) is 2. The molecule has 1 N–H and O–H groups in total. The van der Waals surface area contributed by atoms with E-state index in [0.29, 0.717) is 5.25 Å². The number of aromatic nitrogens is 2. The average Bonchev–Trinajstić information content (AvgIpc) is 2.77. The minimum Gasteiger partial charge on any atom is -0.350 e. The smallest absolute Gasteiger partial charge is 0.350 e. The van der Waals surface area contributed by atoms with Crippen molar-refractivity contribution in [3.8, 4) is 0 Å². The first-order valence-electron chi connectivity index (χ1n) is 6.29. The normalized spacial score (nSPS) is 23.6. The van der Waals surface area contributed by atoms with E-state index in [9.17, 15) is 13.2 Å². The predicted octanol–water partition coefficient (Wildman–Crippen LogP) is 3.58. The van der Waals surface area contributed by atoms with E-state index in [1.165, 1.54) is 0 Å². The molecule has 1 aliphatic rings. The molecule has 1 saturated carbocycles. The molecule has 0 aromatic carbocycles. The Bertz CT molecular complexity index is 425. The fourth-order valence-corrected chi connectivity index (χ4v) is 3.45. The second kappa shape index (κ2) is 5.98. The fourth-order valence-electron chi connectivity index (χ4n) is 2.26. The van der Waals surface area contributed by atoms with Crippen molar-refractivity contribution >= 4 is 17.7 Å². The van der Waals surface area contributed by atoms with Crippen LogP contribution in [0.2, 0.25) is 0 Å². The van der Waals surface area contributed by atoms with Gasteiger partial charge in [0.15, 0.2) is 0 Å². The first kappa shape index (κ1) is 14.4. The molecule has 19 heavy (non-hydrogen) atoms. The molecule has 3 nitrogen and oxygen atoms in total. The predicted molar refractivity (Wildman–Crippen MR) is 70.2 cm³/mol. The minimum absolute atomic E-state index is 0.0726. The van der Waals surface area contributed by atoms with Gasteiger partial charge in [-0.15, -0.1) is 0 Å². The molecule has 0 bridgehead atoms. The van der Waals surface area contributed by atoms with Gasteiger partial charge in [0.25, 0.3) is 0 Å². The topological polar surface area (TPSA) is 37.8 Å². The Morgan fingerprint density at radius 1 is 1.42 bits per heavy atom. The number of anilines is 1. The number of alkyl halides is 3. The standard InChI is InChI=1S/C12H16F3N3S/c1-2-19-9-5-3-4-8(9)17-11-16-7-6-10(18-11)12(13,14)15/h6-9H,2-5H2,1H3,(H,16,17,18). The summed E-state index contributed by atoms with van der Waals surface area (Å²) in [7, 11) is 0. The highest BCUT2D eigenvalue weighted by Gasteiger charge is 2.33. The van der Waals surface area contributed by atoms with E-state index in [0.717, 1.165) is 37.3 Å². The van der Waals surface area contributed by atoms with Crippen LogP contribution in [0.4, 0.5) is 19.1 Å². The summed E-state index contributed by atoms with van der Waals surface area (Å²) in [6.45, 7) is 2.08. The lowest BCUT2D eigenvalue weighted by Gasteiger charge is -2.20. The Morgan fingerprint density at radius 2 is 2.21 bits per heavy atom. The maximum absolute atomic E-state index is 12.6. The Hall–Kier alpha value is -0.980. The third-order valence-electron chi connectivity index (χ3n) is 3.09. The lowest BCUT2D eigenvalue weighted by atomic mass is 10.2. The largest absolute Gasteiger partial charge is 0.433 e. The van der Waals surface area contributed by atoms with Gasteiger partial charge in [-0.1, -0.05) is 13.3 Å². The van der Waals surface area contributed by atoms with Crippen molar-refractivity contribution < 1.29 is 13.2 Å². The first-order valence-corrected chi connectivity index (χ1v) is 7.34. The summed E-state index contributed by atoms with van der Waals surface area (Å²) in [5.41, 5.74) is -0.900. The lowest BCUT2D eigenvalue weighted by molar-refractivity contribution is -0.141. The molecule has 0 amide bonds. The number of thioether (sulfide) groups is 1. The van der Waals surface area contributed by atoms with Gasteiger partial charge in [-0.25, -0.2) is 9.97 Å². The number of hydrogen-bond donors (Lipinski definition) is 1. The Labute approximate surface area is 114 Å². The minimum atomic E-state index is -4.42. The molecule has 0 radical (unpaired) electrons. The number of rotatable bonds is 4. The summed E-state index contributed by atoms with van der Waals surface area (Å²) in [6, 6.07) is 1.05. The van der Waals surface area contributed by atoms with Crippen molar-refractivity contribution in [3.63, 3.8) is 0 Å². The molecule has 7 heteroatoms. The summed E-state index contributed by atoms with van der Waals surface area (Å²) in [4.78, 5) is 7.43. The van der Waals surface area contributed by atoms with Crippen molar-refractivity contribution in [3.05, 3.63) is 18.0 Å². The molecule has 2 rings (SSSR count). The van der Waals surface area contributed by atoms with Crippen molar-refractivity contribution in [1.82, 2.24) is 9.97 Å². The highest BCUT2D eigenvalue weighted by atomic mass is 32.2. The maximum atomic E-state index is 12.6. The van der Waals surface area contributed by atoms with E-state index >= 15 is 0 Å². The number of hydrogen-bond acceptors (Lipinski definition) is 4. The summed E-state index contributed by atoms with van der Waals surface area (Å²) in [5, 5.41) is 3.48. The van der Waals surface area contributed by atoms with Gasteiger partial charge in [0.05, 0.1) is 0 Å². The Morgan fingerprint density at radius 3 is 2.89 bits per heavy atom. The van der Waals surface area contributed by atoms with Gasteiger partial charge in [0, 0.05) is 17.5 Å². The van der Waals surface area contributed by atoms with E-state index in [4.69, 9.17) is 0 Å². The third kappa shape index (κ3) is 3.75. The molecule has 1 aromatic heterocycles. The van der Waals surface area contributed by atoms with E-state index in [1.54, 1.807) is 0 Å². The molecular formula is C12H16F3N3S. The van der Waals surface area contributed by atoms with Crippen LogP contribution in [-0.4, -0.2) is 27.0 Å². The first-order chi connectivity index (χ1) is 9.00. The molecule has 0 saturated heterocycles. The zero-order valence-corrected chi connectivity index (χ0v) is 11.4. The summed E-state index contributed by atoms with van der Waals surface area (Å²) >= 11 is 1.84. The van der Waals surface area contributed by atoms with Crippen LogP contribution in [0.15, 0.2) is 12.3 Å². The van der Waals surface area contributed by atoms with Crippen LogP contribution in [0.1, 0.15) is 31.9 Å². The highest BCUT2D eigenvalue weighted by molar-refractivity contribution is 7.99. The van der Waals surface area contributed by atoms with Gasteiger partial charge in [-0.3, -0.25) is 0 Å². The Kier molecular flexibility index (Phi) is 4.54. The average molecular weight is 291 g/mol. The zero-order chi connectivity index (χ0) is 13.9. The third-order valence-corrected chi connectivity index (χ3v) is 4.42. The van der Waals surface area contributed by atoms with Gasteiger partial charge in [0.1, 0.15) is 5.69 Å². The molecule has 1 heterocycles. The Balaban J connectivity index is 2.06. The lowest BCUT2D eigenvalue weighted by Crippen LogP contribution is -2.27. The summed E-state index contributed by atoms with van der Waals surface area (Å²) in [5.74, 6) is 1.08. The van der Waals surface area contributed by atoms with Crippen LogP contribution in [0, 0.1) is 0 Å². The SMILES string of the molecule is CCSC1CCCC1Nc1nccc(C(F)(F)F)n1. The molecule has 2 atom stereocenters. The van der Waals surface area contributed by atoms with Crippen LogP contribution < -0.4 is 5.32 Å². The van der Waals surface area contributed by atoms with Crippen molar-refractivity contribution in [1.29, 1.82) is 0 Å². The van der Waals surface area contributed by atoms with Crippen molar-refractivity contribution in [2.75, 3.05) is 11.1 Å². The quantitative estimate of drug-likeness (QED) is 0.920. The van der Waals surface area contributed by atoms with Gasteiger partial charge in [-0.05, 0) is 24.7 Å². The molecule has 0 aliphatic heterocycles. The van der Waals surface area contributed by atoms with Crippen LogP contribution >= 0.6 is 11.8 Å². The van der Waals surface area contributed by atoms with E-state index < -0.39 is 11.9 Å². The molecule has 0 spiro atoms. The molecule has 1 fully saturated rings. The highest BCUT2D eigenvalue weighted by Crippen LogP contribution is 2.32. The van der Waals surface area contributed by atoms with Crippen molar-refractivity contribution in [2.24, 2.45) is 0 Å². The van der Waals surface area contributed by atoms with E-state index in [-0.39, 0.29) is 12.0 Å². The molecule has 1 aliphatic carbocycles. The second-order valence-corrected chi connectivity index (χ2v) is 5.95. The molecule has 1 aromatic rings. The van der Waals surface area contributed by atoms with Crippen LogP contribution in [0.3, 0.4) is 0 Å². The van der Waals surface area contributed by atoms with Gasteiger partial charge in [-0.2, -0.15) is 24.9 Å². The monoisotopic (exact) mass is 291 g/mol. The van der Waals surface area contributed by atoms with Gasteiger partial charge >= 0.3 is 6.18 Å². The van der Waals surface area contributed by atoms with E-state index in [1.807, 2.05) is 11.8 Å². The van der Waals surface area contributed by atoms with Gasteiger partial charge < -0.3 is 5.32 Å². The molecular weight excluding hydrogens is 275 g/mol. The van der Waals surface area contributed by atoms with Crippen LogP contribution in [-0.2, 0) is 6.18 Å². The molecule has 106 valence electrons. The maximum Gasteiger partial charge on any atom is 0.433 e. The number of halogens is 3. The summed E-state index contributed by atoms with van der Waals surface area (Å²) < 4.78 is 37.7. The van der Waals surface area contributed by atoms with E-state index in [2.05, 4.69) is 22.2 Å². The van der Waals surface area contributed by atoms with Crippen LogP contribution in [0.25, 0.3) is 0 Å². The fraction of sp³-hybridized carbons (Fsp3) is 0.667. The zero-order valence-electron chi connectivity index (χ0n) is 10.6. The molecule has 2 unspecified atom stereocenters. The van der Waals surface area contributed by atoms with Gasteiger partial charge in [0.2, 0.25) is 5.95 Å². The second-order valence-electron chi connectivity index (χ2n) is 4.44.